The van der Waals surface area contributed by atoms with Gasteiger partial charge in [-0.1, -0.05) is 53.7 Å². The van der Waals surface area contributed by atoms with Crippen molar-refractivity contribution in [3.8, 4) is 28.1 Å². The van der Waals surface area contributed by atoms with Gasteiger partial charge in [-0.2, -0.15) is 0 Å². The number of nitrogens with one attached hydrogen (secondary N) is 3. The Hall–Kier alpha value is -5.80. The number of amides is 4. The summed E-state index contributed by atoms with van der Waals surface area (Å²) in [4.78, 5) is 79.1. The zero-order valence-corrected chi connectivity index (χ0v) is 40.0. The number of ether oxygens (including phenoxy) is 1. The molecular formula is C52H66N8O7. The van der Waals surface area contributed by atoms with Gasteiger partial charge in [-0.05, 0) is 110 Å². The zero-order valence-electron chi connectivity index (χ0n) is 40.0. The molecule has 5 atom stereocenters. The van der Waals surface area contributed by atoms with Crippen molar-refractivity contribution < 1.29 is 33.8 Å². The lowest BCUT2D eigenvalue weighted by atomic mass is 9.83. The molecule has 4 aromatic rings. The second-order valence-corrected chi connectivity index (χ2v) is 21.0. The summed E-state index contributed by atoms with van der Waals surface area (Å²) in [6, 6.07) is 12.7. The molecule has 4 fully saturated rings. The van der Waals surface area contributed by atoms with Gasteiger partial charge in [0.25, 0.3) is 5.91 Å². The third-order valence-electron chi connectivity index (χ3n) is 14.6. The molecule has 2 aromatic heterocycles. The van der Waals surface area contributed by atoms with Crippen molar-refractivity contribution in [3.05, 3.63) is 71.5 Å². The van der Waals surface area contributed by atoms with E-state index in [1.807, 2.05) is 32.2 Å². The Bertz CT molecular complexity index is 2620. The maximum Gasteiger partial charge on any atom is 0.324 e. The fraction of sp³-hybridized carbons (Fsp3) is 0.538. The number of fused-ring (bicyclic) bond motifs is 6. The van der Waals surface area contributed by atoms with E-state index in [1.165, 1.54) is 5.01 Å². The van der Waals surface area contributed by atoms with E-state index in [9.17, 15) is 29.1 Å². The average Bonchev–Trinajstić information content (AvgIpc) is 3.90. The van der Waals surface area contributed by atoms with Gasteiger partial charge in [0.05, 0.1) is 29.5 Å². The number of pyridine rings is 1. The number of phenolic OH excluding ortho intramolecular Hbond substituents is 1. The van der Waals surface area contributed by atoms with Crippen molar-refractivity contribution in [3.63, 3.8) is 0 Å². The van der Waals surface area contributed by atoms with Crippen molar-refractivity contribution in [1.82, 2.24) is 40.4 Å². The first kappa shape index (κ1) is 46.3. The van der Waals surface area contributed by atoms with Gasteiger partial charge in [-0.15, -0.1) is 0 Å². The smallest absolute Gasteiger partial charge is 0.324 e. The minimum absolute atomic E-state index is 0.0121. The summed E-state index contributed by atoms with van der Waals surface area (Å²) >= 11 is 0. The minimum atomic E-state index is -1.13. The lowest BCUT2D eigenvalue weighted by Crippen LogP contribution is -2.62. The van der Waals surface area contributed by atoms with Crippen LogP contribution < -0.4 is 16.1 Å². The van der Waals surface area contributed by atoms with Crippen LogP contribution in [-0.4, -0.2) is 123 Å². The Kier molecular flexibility index (Phi) is 12.5. The number of hydrazine groups is 1. The number of nitrogens with zero attached hydrogens (tertiary/aromatic N) is 5. The number of esters is 1. The van der Waals surface area contributed by atoms with Crippen LogP contribution in [0.1, 0.15) is 96.9 Å². The Morgan fingerprint density at radius 2 is 1.78 bits per heavy atom. The first-order valence-corrected chi connectivity index (χ1v) is 24.3. The van der Waals surface area contributed by atoms with Crippen LogP contribution in [-0.2, 0) is 48.1 Å². The molecule has 5 aliphatic heterocycles. The van der Waals surface area contributed by atoms with Crippen LogP contribution in [0.4, 0.5) is 0 Å². The molecule has 1 spiro atoms. The van der Waals surface area contributed by atoms with Crippen LogP contribution in [0, 0.1) is 16.7 Å². The van der Waals surface area contributed by atoms with Gasteiger partial charge in [-0.25, -0.2) is 5.43 Å². The topological polar surface area (TPSA) is 188 Å². The lowest BCUT2D eigenvalue weighted by molar-refractivity contribution is -0.155. The summed E-state index contributed by atoms with van der Waals surface area (Å²) in [5.41, 5.74) is 9.42. The van der Waals surface area contributed by atoms with E-state index in [2.05, 4.69) is 79.5 Å². The Morgan fingerprint density at radius 1 is 1.00 bits per heavy atom. The number of rotatable bonds is 8. The zero-order chi connectivity index (χ0) is 47.5. The van der Waals surface area contributed by atoms with Crippen LogP contribution in [0.25, 0.3) is 33.3 Å². The van der Waals surface area contributed by atoms with Gasteiger partial charge in [0, 0.05) is 73.8 Å². The highest BCUT2D eigenvalue weighted by atomic mass is 16.5. The van der Waals surface area contributed by atoms with Crippen LogP contribution in [0.2, 0.25) is 0 Å². The van der Waals surface area contributed by atoms with Crippen molar-refractivity contribution >= 4 is 40.5 Å². The number of hydrogen-bond acceptors (Lipinski definition) is 10. The molecule has 5 aliphatic rings. The molecule has 9 rings (SSSR count). The maximum absolute atomic E-state index is 14.8. The predicted octanol–water partition coefficient (Wildman–Crippen LogP) is 5.32. The summed E-state index contributed by atoms with van der Waals surface area (Å²) in [5, 5.41) is 20.0. The fourth-order valence-electron chi connectivity index (χ4n) is 11.2. The average molecular weight is 915 g/mol. The van der Waals surface area contributed by atoms with E-state index in [-0.39, 0.29) is 48.5 Å². The van der Waals surface area contributed by atoms with Crippen molar-refractivity contribution in [2.75, 3.05) is 39.3 Å². The second kappa shape index (κ2) is 18.0. The van der Waals surface area contributed by atoms with Gasteiger partial charge in [0.1, 0.15) is 23.9 Å². The molecule has 7 heterocycles. The normalized spacial score (nSPS) is 24.7. The Balaban J connectivity index is 1.09. The number of aryl methyl sites for hydroxylation is 1. The van der Waals surface area contributed by atoms with Crippen LogP contribution in [0.3, 0.4) is 0 Å². The molecule has 0 saturated carbocycles. The first-order valence-electron chi connectivity index (χ1n) is 24.3. The Morgan fingerprint density at radius 3 is 2.51 bits per heavy atom. The van der Waals surface area contributed by atoms with Crippen molar-refractivity contribution in [2.24, 2.45) is 16.7 Å². The number of aromatic nitrogens is 2. The lowest BCUT2D eigenvalue weighted by Gasteiger charge is -2.37. The van der Waals surface area contributed by atoms with E-state index in [0.717, 1.165) is 44.5 Å². The fourth-order valence-corrected chi connectivity index (χ4v) is 11.2. The maximum atomic E-state index is 14.8. The van der Waals surface area contributed by atoms with E-state index in [1.54, 1.807) is 21.9 Å². The molecule has 15 nitrogen and oxygen atoms in total. The molecule has 2 aromatic carbocycles. The number of cyclic esters (lactones) is 1. The summed E-state index contributed by atoms with van der Waals surface area (Å²) in [6.45, 7) is 17.4. The highest BCUT2D eigenvalue weighted by molar-refractivity contribution is 5.97. The van der Waals surface area contributed by atoms with Crippen molar-refractivity contribution in [1.29, 1.82) is 0 Å². The van der Waals surface area contributed by atoms with Crippen LogP contribution in [0.15, 0.2) is 54.7 Å². The number of benzene rings is 2. The molecule has 4 amide bonds. The number of carbonyl (C=O) groups is 5. The molecule has 4 N–H and O–H groups in total. The third kappa shape index (κ3) is 8.92. The van der Waals surface area contributed by atoms with Gasteiger partial charge in [0.15, 0.2) is 0 Å². The highest BCUT2D eigenvalue weighted by Crippen LogP contribution is 2.44. The molecule has 67 heavy (non-hydrogen) atoms. The van der Waals surface area contributed by atoms with Gasteiger partial charge >= 0.3 is 5.97 Å². The van der Waals surface area contributed by atoms with Crippen molar-refractivity contribution in [2.45, 2.75) is 124 Å². The number of aromatic hydroxyl groups is 1. The Labute approximate surface area is 392 Å². The minimum Gasteiger partial charge on any atom is -0.508 e. The number of carbonyl (C=O) groups excluding carboxylic acids is 5. The molecule has 0 radical (unpaired) electrons. The van der Waals surface area contributed by atoms with Crippen LogP contribution >= 0.6 is 0 Å². The number of phenols is 1. The number of hydrogen-bond donors (Lipinski definition) is 4. The van der Waals surface area contributed by atoms with E-state index >= 15 is 0 Å². The first-order chi connectivity index (χ1) is 32.0. The SMILES string of the molecule is CCn1c(-c2cccnc2C(C)C)c2c3cc(ccc31)-c1cc(O)cc(c1)C[C@H](NC(=O)[C@H](C(C)C)N1CCC3(CCN(C(=O)[C@@H]4CN4)C3)C1=O)C(=O)N1CCC[C@H](N1)C(=O)OCC(C)(C)C2. The predicted molar refractivity (Wildman–Crippen MR) is 254 cm³/mol. The van der Waals surface area contributed by atoms with Crippen LogP contribution in [0.5, 0.6) is 5.75 Å². The quantitative estimate of drug-likeness (QED) is 0.133. The summed E-state index contributed by atoms with van der Waals surface area (Å²) < 4.78 is 8.47. The van der Waals surface area contributed by atoms with E-state index in [4.69, 9.17) is 9.72 Å². The molecule has 356 valence electrons. The molecule has 4 saturated heterocycles. The van der Waals surface area contributed by atoms with Gasteiger partial charge in [0.2, 0.25) is 17.7 Å². The molecule has 15 heteroatoms. The largest absolute Gasteiger partial charge is 0.508 e. The molecule has 6 bridgehead atoms. The number of likely N-dealkylation sites (tertiary alicyclic amines) is 2. The third-order valence-corrected chi connectivity index (χ3v) is 14.6. The van der Waals surface area contributed by atoms with Gasteiger partial charge in [-0.3, -0.25) is 34.0 Å². The van der Waals surface area contributed by atoms with Gasteiger partial charge < -0.3 is 34.8 Å². The summed E-state index contributed by atoms with van der Waals surface area (Å²) in [7, 11) is 0. The molecule has 0 aliphatic carbocycles. The molecule has 1 unspecified atom stereocenters. The second-order valence-electron chi connectivity index (χ2n) is 21.0. The summed E-state index contributed by atoms with van der Waals surface area (Å²) in [6.07, 6.45) is 4.50. The van der Waals surface area contributed by atoms with E-state index in [0.29, 0.717) is 76.9 Å². The van der Waals surface area contributed by atoms with E-state index < -0.39 is 46.7 Å². The molecular weight excluding hydrogens is 849 g/mol. The highest BCUT2D eigenvalue weighted by Gasteiger charge is 2.55. The standard InChI is InChI=1S/C52H66N8O7/c1-8-58-42-14-13-33-25-37(42)38(45(58)36-11-9-17-53-43(36)30(2)3)26-51(6,7)29-67-49(65)39-12-10-18-60(56-39)48(64)40(23-32-21-34(33)24-35(61)22-32)55-46(62)44(31(4)5)59-20-16-52(50(59)66)15-19-57(28-52)47(63)41-27-54-41/h9,11,13-14,17,21-22,24-25,30-31,39-41,44,54,56,61H,8,10,12,15-16,18-20,23,26-29H2,1-7H3,(H,55,62)/t39-,40-,41-,44-,52?/m0/s1. The monoisotopic (exact) mass is 915 g/mol. The summed E-state index contributed by atoms with van der Waals surface area (Å²) in [5.74, 6) is -1.61.